The van der Waals surface area contributed by atoms with Crippen LogP contribution in [0.25, 0.3) is 11.3 Å². The molecule has 0 aliphatic rings. The summed E-state index contributed by atoms with van der Waals surface area (Å²) in [7, 11) is 1.58. The van der Waals surface area contributed by atoms with E-state index in [9.17, 15) is 5.11 Å². The number of aliphatic hydroxyl groups is 1. The molecular weight excluding hydrogens is 306 g/mol. The minimum atomic E-state index is -0.0537. The van der Waals surface area contributed by atoms with Crippen LogP contribution >= 0.6 is 0 Å². The van der Waals surface area contributed by atoms with Gasteiger partial charge in [-0.25, -0.2) is 0 Å². The minimum absolute atomic E-state index is 0.0537. The van der Waals surface area contributed by atoms with Crippen molar-refractivity contribution in [1.82, 2.24) is 5.16 Å². The van der Waals surface area contributed by atoms with Gasteiger partial charge >= 0.3 is 0 Å². The molecule has 0 atom stereocenters. The van der Waals surface area contributed by atoms with Gasteiger partial charge in [0.1, 0.15) is 12.3 Å². The summed E-state index contributed by atoms with van der Waals surface area (Å²) in [6.07, 6.45) is 0. The van der Waals surface area contributed by atoms with Gasteiger partial charge in [0, 0.05) is 11.6 Å². The molecule has 0 bridgehead atoms. The fourth-order valence-corrected chi connectivity index (χ4v) is 2.32. The second kappa shape index (κ2) is 7.19. The van der Waals surface area contributed by atoms with E-state index < -0.39 is 0 Å². The number of aromatic nitrogens is 1. The summed E-state index contributed by atoms with van der Waals surface area (Å²) in [6, 6.07) is 15.2. The van der Waals surface area contributed by atoms with Crippen LogP contribution in [0.15, 0.2) is 53.1 Å². The van der Waals surface area contributed by atoms with Crippen molar-refractivity contribution in [1.29, 1.82) is 0 Å². The van der Waals surface area contributed by atoms with Crippen molar-refractivity contribution >= 4 is 0 Å². The molecule has 5 heteroatoms. The Balaban J connectivity index is 1.73. The molecule has 24 heavy (non-hydrogen) atoms. The molecular formula is C19H19NO4. The highest BCUT2D eigenvalue weighted by atomic mass is 16.5. The normalized spacial score (nSPS) is 10.6. The van der Waals surface area contributed by atoms with Gasteiger partial charge in [0.15, 0.2) is 17.3 Å². The van der Waals surface area contributed by atoms with Crippen LogP contribution in [-0.4, -0.2) is 17.4 Å². The molecule has 0 spiro atoms. The predicted octanol–water partition coefficient (Wildman–Crippen LogP) is 3.73. The third kappa shape index (κ3) is 3.58. The summed E-state index contributed by atoms with van der Waals surface area (Å²) < 4.78 is 16.4. The van der Waals surface area contributed by atoms with E-state index in [0.29, 0.717) is 23.0 Å². The highest BCUT2D eigenvalue weighted by Gasteiger charge is 2.10. The molecule has 0 unspecified atom stereocenters. The van der Waals surface area contributed by atoms with Gasteiger partial charge in [0.2, 0.25) is 0 Å². The highest BCUT2D eigenvalue weighted by Crippen LogP contribution is 2.29. The van der Waals surface area contributed by atoms with Crippen LogP contribution in [0.4, 0.5) is 0 Å². The summed E-state index contributed by atoms with van der Waals surface area (Å²) in [5.41, 5.74) is 3.60. The first-order valence-electron chi connectivity index (χ1n) is 7.63. The van der Waals surface area contributed by atoms with Crippen LogP contribution in [0.2, 0.25) is 0 Å². The zero-order valence-corrected chi connectivity index (χ0v) is 13.7. The second-order valence-electron chi connectivity index (χ2n) is 5.48. The average molecular weight is 325 g/mol. The van der Waals surface area contributed by atoms with Crippen molar-refractivity contribution in [2.45, 2.75) is 20.1 Å². The number of aryl methyl sites for hydroxylation is 1. The summed E-state index contributed by atoms with van der Waals surface area (Å²) in [5.74, 6) is 1.86. The van der Waals surface area contributed by atoms with Crippen LogP contribution < -0.4 is 9.47 Å². The molecule has 0 aliphatic heterocycles. The van der Waals surface area contributed by atoms with E-state index in [2.05, 4.69) is 5.16 Å². The monoisotopic (exact) mass is 325 g/mol. The molecule has 3 aromatic rings. The largest absolute Gasteiger partial charge is 0.493 e. The van der Waals surface area contributed by atoms with Gasteiger partial charge in [-0.2, -0.15) is 0 Å². The van der Waals surface area contributed by atoms with Crippen LogP contribution in [-0.2, 0) is 13.2 Å². The standard InChI is InChI=1S/C19H19NO4/c1-13-3-6-15(7-4-13)18-10-16(20-24-18)12-23-19-9-14(11-21)5-8-17(19)22-2/h3-10,21H,11-12H2,1-2H3. The number of ether oxygens (including phenoxy) is 2. The topological polar surface area (TPSA) is 64.7 Å². The maximum absolute atomic E-state index is 9.24. The van der Waals surface area contributed by atoms with Gasteiger partial charge in [0.05, 0.1) is 13.7 Å². The molecule has 1 heterocycles. The number of nitrogens with zero attached hydrogens (tertiary/aromatic N) is 1. The van der Waals surface area contributed by atoms with Crippen molar-refractivity contribution in [3.8, 4) is 22.8 Å². The maximum Gasteiger partial charge on any atom is 0.167 e. The van der Waals surface area contributed by atoms with Crippen molar-refractivity contribution in [2.75, 3.05) is 7.11 Å². The van der Waals surface area contributed by atoms with Gasteiger partial charge in [-0.05, 0) is 24.6 Å². The summed E-state index contributed by atoms with van der Waals surface area (Å²) >= 11 is 0. The first-order valence-corrected chi connectivity index (χ1v) is 7.63. The lowest BCUT2D eigenvalue weighted by molar-refractivity contribution is 0.265. The Morgan fingerprint density at radius 1 is 1.04 bits per heavy atom. The van der Waals surface area contributed by atoms with Crippen LogP contribution in [0, 0.1) is 6.92 Å². The Labute approximate surface area is 140 Å². The van der Waals surface area contributed by atoms with Crippen molar-refractivity contribution < 1.29 is 19.1 Å². The molecule has 3 rings (SSSR count). The van der Waals surface area contributed by atoms with Crippen molar-refractivity contribution in [3.63, 3.8) is 0 Å². The number of benzene rings is 2. The zero-order chi connectivity index (χ0) is 16.9. The average Bonchev–Trinajstić information content (AvgIpc) is 3.09. The Morgan fingerprint density at radius 2 is 1.83 bits per heavy atom. The molecule has 0 radical (unpaired) electrons. The third-order valence-corrected chi connectivity index (χ3v) is 3.68. The van der Waals surface area contributed by atoms with Crippen LogP contribution in [0.1, 0.15) is 16.8 Å². The predicted molar refractivity (Wildman–Crippen MR) is 89.9 cm³/mol. The molecule has 0 saturated heterocycles. The summed E-state index contributed by atoms with van der Waals surface area (Å²) in [5, 5.41) is 13.3. The van der Waals surface area contributed by atoms with E-state index in [0.717, 1.165) is 11.1 Å². The third-order valence-electron chi connectivity index (χ3n) is 3.68. The number of rotatable bonds is 6. The SMILES string of the molecule is COc1ccc(CO)cc1OCc1cc(-c2ccc(C)cc2)on1. The first kappa shape index (κ1) is 16.1. The molecule has 124 valence electrons. The van der Waals surface area contributed by atoms with Gasteiger partial charge in [-0.3, -0.25) is 0 Å². The molecule has 0 saturated carbocycles. The Morgan fingerprint density at radius 3 is 2.54 bits per heavy atom. The fraction of sp³-hybridized carbons (Fsp3) is 0.211. The molecule has 0 amide bonds. The minimum Gasteiger partial charge on any atom is -0.493 e. The van der Waals surface area contributed by atoms with Crippen LogP contribution in [0.3, 0.4) is 0 Å². The molecule has 0 aliphatic carbocycles. The zero-order valence-electron chi connectivity index (χ0n) is 13.7. The Bertz CT molecular complexity index is 808. The Hall–Kier alpha value is -2.79. The lowest BCUT2D eigenvalue weighted by Gasteiger charge is -2.10. The fourth-order valence-electron chi connectivity index (χ4n) is 2.32. The summed E-state index contributed by atoms with van der Waals surface area (Å²) in [6.45, 7) is 2.24. The smallest absolute Gasteiger partial charge is 0.167 e. The Kier molecular flexibility index (Phi) is 4.82. The van der Waals surface area contributed by atoms with E-state index in [1.165, 1.54) is 5.56 Å². The molecule has 1 aromatic heterocycles. The first-order chi connectivity index (χ1) is 11.7. The number of hydrogen-bond donors (Lipinski definition) is 1. The quantitative estimate of drug-likeness (QED) is 0.748. The van der Waals surface area contributed by atoms with Crippen molar-refractivity contribution in [3.05, 3.63) is 65.4 Å². The summed E-state index contributed by atoms with van der Waals surface area (Å²) in [4.78, 5) is 0. The molecule has 0 fully saturated rings. The lowest BCUT2D eigenvalue weighted by atomic mass is 10.1. The van der Waals surface area contributed by atoms with Gasteiger partial charge in [-0.15, -0.1) is 0 Å². The van der Waals surface area contributed by atoms with Crippen LogP contribution in [0.5, 0.6) is 11.5 Å². The lowest BCUT2D eigenvalue weighted by Crippen LogP contribution is -1.99. The van der Waals surface area contributed by atoms with Gasteiger partial charge in [-0.1, -0.05) is 41.1 Å². The van der Waals surface area contributed by atoms with E-state index >= 15 is 0 Å². The van der Waals surface area contributed by atoms with E-state index in [-0.39, 0.29) is 13.2 Å². The second-order valence-corrected chi connectivity index (χ2v) is 5.48. The molecule has 5 nitrogen and oxygen atoms in total. The maximum atomic E-state index is 9.24. The van der Waals surface area contributed by atoms with E-state index in [4.69, 9.17) is 14.0 Å². The number of hydrogen-bond acceptors (Lipinski definition) is 5. The van der Waals surface area contributed by atoms with Crippen molar-refractivity contribution in [2.24, 2.45) is 0 Å². The number of aliphatic hydroxyl groups excluding tert-OH is 1. The van der Waals surface area contributed by atoms with E-state index in [1.54, 1.807) is 25.3 Å². The molecule has 2 aromatic carbocycles. The highest BCUT2D eigenvalue weighted by molar-refractivity contribution is 5.57. The number of methoxy groups -OCH3 is 1. The van der Waals surface area contributed by atoms with E-state index in [1.807, 2.05) is 37.3 Å². The van der Waals surface area contributed by atoms with Gasteiger partial charge < -0.3 is 19.1 Å². The molecule has 1 N–H and O–H groups in total. The van der Waals surface area contributed by atoms with Gasteiger partial charge in [0.25, 0.3) is 0 Å².